The highest BCUT2D eigenvalue weighted by Crippen LogP contribution is 2.23. The second-order valence-electron chi connectivity index (χ2n) is 5.24. The van der Waals surface area contributed by atoms with Gasteiger partial charge in [-0.15, -0.1) is 0 Å². The second-order valence-corrected chi connectivity index (χ2v) is 6.48. The number of nitrogens with zero attached hydrogens (tertiary/aromatic N) is 2. The molecule has 6 nitrogen and oxygen atoms in total. The Kier molecular flexibility index (Phi) is 8.79. The molecule has 1 aromatic heterocycles. The Labute approximate surface area is 160 Å². The molecular formula is C18H19IN2O4. The molecular weight excluding hydrogens is 435 g/mol. The van der Waals surface area contributed by atoms with Crippen molar-refractivity contribution in [3.05, 3.63) is 69.6 Å². The van der Waals surface area contributed by atoms with Crippen molar-refractivity contribution in [1.29, 1.82) is 0 Å². The maximum Gasteiger partial charge on any atom is 0.414 e. The molecule has 7 heteroatoms. The number of hydrogen-bond acceptors (Lipinski definition) is 4. The van der Waals surface area contributed by atoms with E-state index in [-0.39, 0.29) is 0 Å². The monoisotopic (exact) mass is 454 g/mol. The van der Waals surface area contributed by atoms with Crippen LogP contribution < -0.4 is 0 Å². The van der Waals surface area contributed by atoms with Crippen molar-refractivity contribution in [3.63, 3.8) is 0 Å². The zero-order valence-corrected chi connectivity index (χ0v) is 16.0. The average Bonchev–Trinajstić information content (AvgIpc) is 2.58. The molecule has 0 aliphatic heterocycles. The van der Waals surface area contributed by atoms with Gasteiger partial charge in [0.15, 0.2) is 0 Å². The number of aromatic nitrogens is 1. The number of likely N-dealkylation sites (N-methyl/N-ethyl adjacent to an activating group) is 1. The third-order valence-electron chi connectivity index (χ3n) is 2.97. The molecule has 132 valence electrons. The van der Waals surface area contributed by atoms with Crippen LogP contribution in [0.5, 0.6) is 0 Å². The summed E-state index contributed by atoms with van der Waals surface area (Å²) < 4.78 is 1.25. The van der Waals surface area contributed by atoms with E-state index < -0.39 is 11.9 Å². The number of rotatable bonds is 4. The molecule has 0 saturated heterocycles. The molecule has 2 aromatic rings. The van der Waals surface area contributed by atoms with Gasteiger partial charge in [0.25, 0.3) is 0 Å². The predicted molar refractivity (Wildman–Crippen MR) is 104 cm³/mol. The molecule has 1 heterocycles. The average molecular weight is 454 g/mol. The molecule has 0 unspecified atom stereocenters. The Morgan fingerprint density at radius 1 is 1.08 bits per heavy atom. The van der Waals surface area contributed by atoms with Crippen LogP contribution in [0.2, 0.25) is 0 Å². The zero-order valence-electron chi connectivity index (χ0n) is 13.9. The van der Waals surface area contributed by atoms with Crippen LogP contribution in [-0.2, 0) is 9.59 Å². The van der Waals surface area contributed by atoms with E-state index in [4.69, 9.17) is 19.8 Å². The van der Waals surface area contributed by atoms with Gasteiger partial charge in [-0.3, -0.25) is 4.98 Å². The Balaban J connectivity index is 0.000000450. The van der Waals surface area contributed by atoms with Gasteiger partial charge >= 0.3 is 11.9 Å². The Hall–Kier alpha value is -2.26. The van der Waals surface area contributed by atoms with Crippen LogP contribution in [0.3, 0.4) is 0 Å². The van der Waals surface area contributed by atoms with Crippen LogP contribution in [0.1, 0.15) is 11.1 Å². The summed E-state index contributed by atoms with van der Waals surface area (Å²) in [6.07, 6.45) is 5.97. The van der Waals surface area contributed by atoms with Crippen molar-refractivity contribution < 1.29 is 19.8 Å². The highest BCUT2D eigenvalue weighted by molar-refractivity contribution is 14.1. The van der Waals surface area contributed by atoms with Crippen molar-refractivity contribution in [1.82, 2.24) is 9.88 Å². The van der Waals surface area contributed by atoms with Gasteiger partial charge in [-0.1, -0.05) is 24.3 Å². The minimum Gasteiger partial charge on any atom is -0.473 e. The first-order chi connectivity index (χ1) is 11.8. The number of benzene rings is 1. The SMILES string of the molecule is CN(C)CC=C(c1ccc(I)cc1)c1cccnc1.O=C(O)C(=O)O. The fraction of sp³-hybridized carbons (Fsp3) is 0.167. The van der Waals surface area contributed by atoms with Crippen molar-refractivity contribution in [3.8, 4) is 0 Å². The van der Waals surface area contributed by atoms with Gasteiger partial charge in [-0.2, -0.15) is 0 Å². The van der Waals surface area contributed by atoms with E-state index in [1.807, 2.05) is 12.3 Å². The normalized spacial score (nSPS) is 10.8. The molecule has 25 heavy (non-hydrogen) atoms. The van der Waals surface area contributed by atoms with Crippen LogP contribution >= 0.6 is 22.6 Å². The molecule has 1 aromatic carbocycles. The molecule has 0 spiro atoms. The largest absolute Gasteiger partial charge is 0.473 e. The van der Waals surface area contributed by atoms with Crippen LogP contribution in [0.4, 0.5) is 0 Å². The smallest absolute Gasteiger partial charge is 0.414 e. The third kappa shape index (κ3) is 7.90. The number of hydrogen-bond donors (Lipinski definition) is 2. The zero-order chi connectivity index (χ0) is 18.8. The molecule has 0 aliphatic rings. The van der Waals surface area contributed by atoms with E-state index in [1.165, 1.54) is 14.7 Å². The van der Waals surface area contributed by atoms with E-state index in [1.54, 1.807) is 6.20 Å². The number of aliphatic carboxylic acids is 2. The number of halogens is 1. The molecule has 2 N–H and O–H groups in total. The lowest BCUT2D eigenvalue weighted by atomic mass is 9.99. The minimum atomic E-state index is -1.82. The molecule has 0 atom stereocenters. The first-order valence-electron chi connectivity index (χ1n) is 7.28. The standard InChI is InChI=1S/C16H17IN2.C2H2O4/c1-19(2)11-9-16(14-4-3-10-18-12-14)13-5-7-15(17)8-6-13;3-1(4)2(5)6/h3-10,12H,11H2,1-2H3;(H,3,4)(H,5,6). The maximum atomic E-state index is 9.10. The van der Waals surface area contributed by atoms with E-state index in [0.717, 1.165) is 12.1 Å². The van der Waals surface area contributed by atoms with Gasteiger partial charge < -0.3 is 15.1 Å². The van der Waals surface area contributed by atoms with Gasteiger partial charge in [0.05, 0.1) is 0 Å². The number of carbonyl (C=O) groups is 2. The van der Waals surface area contributed by atoms with Gasteiger partial charge in [0, 0.05) is 28.1 Å². The van der Waals surface area contributed by atoms with Crippen molar-refractivity contribution >= 4 is 40.1 Å². The fourth-order valence-electron chi connectivity index (χ4n) is 1.83. The summed E-state index contributed by atoms with van der Waals surface area (Å²) in [6, 6.07) is 12.7. The van der Waals surface area contributed by atoms with E-state index >= 15 is 0 Å². The van der Waals surface area contributed by atoms with E-state index in [0.29, 0.717) is 0 Å². The molecule has 2 rings (SSSR count). The van der Waals surface area contributed by atoms with Crippen LogP contribution in [0, 0.1) is 3.57 Å². The number of carboxylic acids is 2. The number of carboxylic acid groups (broad SMARTS) is 2. The Morgan fingerprint density at radius 3 is 2.12 bits per heavy atom. The first kappa shape index (κ1) is 20.8. The van der Waals surface area contributed by atoms with Crippen LogP contribution in [0.15, 0.2) is 54.9 Å². The number of pyridine rings is 1. The topological polar surface area (TPSA) is 90.7 Å². The van der Waals surface area contributed by atoms with Crippen LogP contribution in [0.25, 0.3) is 5.57 Å². The maximum absolute atomic E-state index is 9.10. The summed E-state index contributed by atoms with van der Waals surface area (Å²) >= 11 is 2.33. The molecule has 0 fully saturated rings. The van der Waals surface area contributed by atoms with Gasteiger partial charge in [-0.25, -0.2) is 9.59 Å². The molecule has 0 bridgehead atoms. The summed E-state index contributed by atoms with van der Waals surface area (Å²) in [5, 5.41) is 14.8. The Morgan fingerprint density at radius 2 is 1.68 bits per heavy atom. The molecule has 0 radical (unpaired) electrons. The van der Waals surface area contributed by atoms with Gasteiger partial charge in [0.2, 0.25) is 0 Å². The van der Waals surface area contributed by atoms with Crippen molar-refractivity contribution in [2.45, 2.75) is 0 Å². The van der Waals surface area contributed by atoms with Crippen LogP contribution in [-0.4, -0.2) is 52.7 Å². The summed E-state index contributed by atoms with van der Waals surface area (Å²) in [6.45, 7) is 0.913. The summed E-state index contributed by atoms with van der Waals surface area (Å²) in [5.74, 6) is -3.65. The van der Waals surface area contributed by atoms with Crippen molar-refractivity contribution in [2.75, 3.05) is 20.6 Å². The highest BCUT2D eigenvalue weighted by atomic mass is 127. The van der Waals surface area contributed by atoms with Gasteiger partial charge in [-0.05, 0) is 66.0 Å². The quantitative estimate of drug-likeness (QED) is 0.546. The lowest BCUT2D eigenvalue weighted by molar-refractivity contribution is -0.159. The van der Waals surface area contributed by atoms with Gasteiger partial charge in [0.1, 0.15) is 0 Å². The molecule has 0 amide bonds. The molecule has 0 aliphatic carbocycles. The fourth-order valence-corrected chi connectivity index (χ4v) is 2.19. The lowest BCUT2D eigenvalue weighted by Crippen LogP contribution is -2.11. The third-order valence-corrected chi connectivity index (χ3v) is 3.69. The summed E-state index contributed by atoms with van der Waals surface area (Å²) in [4.78, 5) is 24.6. The van der Waals surface area contributed by atoms with Crippen molar-refractivity contribution in [2.24, 2.45) is 0 Å². The summed E-state index contributed by atoms with van der Waals surface area (Å²) in [7, 11) is 4.15. The van der Waals surface area contributed by atoms with E-state index in [9.17, 15) is 0 Å². The highest BCUT2D eigenvalue weighted by Gasteiger charge is 2.05. The Bertz CT molecular complexity index is 717. The summed E-state index contributed by atoms with van der Waals surface area (Å²) in [5.41, 5.74) is 3.62. The molecule has 0 saturated carbocycles. The predicted octanol–water partition coefficient (Wildman–Crippen LogP) is 2.84. The van der Waals surface area contributed by atoms with E-state index in [2.05, 4.69) is 83.0 Å². The second kappa shape index (κ2) is 10.6. The lowest BCUT2D eigenvalue weighted by Gasteiger charge is -2.11. The minimum absolute atomic E-state index is 0.913. The first-order valence-corrected chi connectivity index (χ1v) is 8.36.